The Hall–Kier alpha value is -3.71. The van der Waals surface area contributed by atoms with Crippen LogP contribution in [0.25, 0.3) is 10.8 Å². The third-order valence-corrected chi connectivity index (χ3v) is 7.47. The number of carbonyl (C=O) groups excluding carboxylic acids is 3. The molecule has 1 unspecified atom stereocenters. The van der Waals surface area contributed by atoms with Crippen molar-refractivity contribution in [1.82, 2.24) is 15.1 Å². The van der Waals surface area contributed by atoms with Gasteiger partial charge in [0, 0.05) is 36.0 Å². The summed E-state index contributed by atoms with van der Waals surface area (Å²) in [6, 6.07) is 19.2. The number of ether oxygens (including phenoxy) is 1. The average molecular weight is 500 g/mol. The maximum atomic E-state index is 13.1. The lowest BCUT2D eigenvalue weighted by Gasteiger charge is -2.35. The molecule has 0 saturated carbocycles. The van der Waals surface area contributed by atoms with E-state index in [2.05, 4.69) is 22.3 Å². The second-order valence-electron chi connectivity index (χ2n) is 9.76. The fourth-order valence-electron chi connectivity index (χ4n) is 5.49. The van der Waals surface area contributed by atoms with Gasteiger partial charge in [0.05, 0.1) is 13.2 Å². The van der Waals surface area contributed by atoms with Crippen LogP contribution < -0.4 is 10.1 Å². The highest BCUT2D eigenvalue weighted by atomic mass is 16.5. The minimum atomic E-state index is -0.292. The maximum absolute atomic E-state index is 13.1. The van der Waals surface area contributed by atoms with Gasteiger partial charge in [0.25, 0.3) is 11.8 Å². The van der Waals surface area contributed by atoms with Crippen LogP contribution in [0.1, 0.15) is 64.4 Å². The molecule has 0 aliphatic carbocycles. The zero-order chi connectivity index (χ0) is 25.8. The van der Waals surface area contributed by atoms with Crippen molar-refractivity contribution in [3.05, 3.63) is 77.4 Å². The summed E-state index contributed by atoms with van der Waals surface area (Å²) >= 11 is 0. The van der Waals surface area contributed by atoms with Crippen LogP contribution in [0.15, 0.2) is 60.7 Å². The highest BCUT2D eigenvalue weighted by molar-refractivity contribution is 6.25. The van der Waals surface area contributed by atoms with Crippen LogP contribution in [0, 0.1) is 0 Å². The highest BCUT2D eigenvalue weighted by Gasteiger charge is 2.32. The summed E-state index contributed by atoms with van der Waals surface area (Å²) in [6.45, 7) is 2.76. The number of likely N-dealkylation sites (tertiary alicyclic amines) is 1. The number of hydrogen-bond donors (Lipinski definition) is 1. The summed E-state index contributed by atoms with van der Waals surface area (Å²) in [7, 11) is 1.65. The Morgan fingerprint density at radius 3 is 2.19 bits per heavy atom. The van der Waals surface area contributed by atoms with E-state index < -0.39 is 0 Å². The molecular weight excluding hydrogens is 466 g/mol. The molecule has 5 rings (SSSR count). The minimum absolute atomic E-state index is 0.0741. The molecule has 2 heterocycles. The average Bonchev–Trinajstić information content (AvgIpc) is 2.94. The summed E-state index contributed by atoms with van der Waals surface area (Å²) in [5.74, 6) is 0.152. The Morgan fingerprint density at radius 2 is 1.57 bits per heavy atom. The first-order chi connectivity index (χ1) is 18.1. The molecule has 3 amide bonds. The molecule has 0 spiro atoms. The van der Waals surface area contributed by atoms with Crippen LogP contribution in [0.5, 0.6) is 5.75 Å². The summed E-state index contributed by atoms with van der Waals surface area (Å²) < 4.78 is 5.30. The molecular formula is C30H33N3O4. The lowest BCUT2D eigenvalue weighted by Crippen LogP contribution is -2.42. The Bertz CT molecular complexity index is 1250. The molecule has 192 valence electrons. The number of amides is 3. The third-order valence-electron chi connectivity index (χ3n) is 7.47. The van der Waals surface area contributed by atoms with Crippen molar-refractivity contribution < 1.29 is 19.1 Å². The normalized spacial score (nSPS) is 16.6. The largest absolute Gasteiger partial charge is 0.497 e. The number of benzene rings is 3. The molecule has 1 N–H and O–H groups in total. The van der Waals surface area contributed by atoms with Gasteiger partial charge in [-0.3, -0.25) is 24.2 Å². The van der Waals surface area contributed by atoms with Crippen molar-refractivity contribution in [3.8, 4) is 5.75 Å². The minimum Gasteiger partial charge on any atom is -0.497 e. The van der Waals surface area contributed by atoms with E-state index in [0.717, 1.165) is 48.0 Å². The monoisotopic (exact) mass is 499 g/mol. The Morgan fingerprint density at radius 1 is 0.919 bits per heavy atom. The number of methoxy groups -OCH3 is 1. The number of nitrogens with one attached hydrogen (secondary N) is 1. The van der Waals surface area contributed by atoms with E-state index in [0.29, 0.717) is 24.1 Å². The first-order valence-corrected chi connectivity index (χ1v) is 13.1. The number of nitrogens with zero attached hydrogens (tertiary/aromatic N) is 2. The molecule has 3 aromatic rings. The van der Waals surface area contributed by atoms with Crippen molar-refractivity contribution in [3.63, 3.8) is 0 Å². The first kappa shape index (κ1) is 25.0. The first-order valence-electron chi connectivity index (χ1n) is 13.1. The zero-order valence-electron chi connectivity index (χ0n) is 21.2. The Kier molecular flexibility index (Phi) is 7.51. The van der Waals surface area contributed by atoms with Crippen LogP contribution >= 0.6 is 0 Å². The van der Waals surface area contributed by atoms with E-state index in [9.17, 15) is 14.4 Å². The van der Waals surface area contributed by atoms with E-state index in [1.165, 1.54) is 11.3 Å². The molecule has 1 saturated heterocycles. The highest BCUT2D eigenvalue weighted by Crippen LogP contribution is 2.30. The molecule has 37 heavy (non-hydrogen) atoms. The molecule has 3 aromatic carbocycles. The lowest BCUT2D eigenvalue weighted by molar-refractivity contribution is -0.121. The van der Waals surface area contributed by atoms with E-state index in [1.807, 2.05) is 36.4 Å². The third kappa shape index (κ3) is 5.23. The SMILES string of the molecule is COc1ccc(C(CNC(=O)CCCN2C(=O)c3cccc4cccc(c34)C2=O)N2CCCCC2)cc1. The number of carbonyl (C=O) groups is 3. The molecule has 2 aliphatic rings. The van der Waals surface area contributed by atoms with Gasteiger partial charge in [0.2, 0.25) is 5.91 Å². The zero-order valence-corrected chi connectivity index (χ0v) is 21.2. The second kappa shape index (κ2) is 11.1. The van der Waals surface area contributed by atoms with Crippen LogP contribution in [0.3, 0.4) is 0 Å². The van der Waals surface area contributed by atoms with Gasteiger partial charge in [0.1, 0.15) is 5.75 Å². The van der Waals surface area contributed by atoms with Crippen LogP contribution in [0.4, 0.5) is 0 Å². The van der Waals surface area contributed by atoms with E-state index in [4.69, 9.17) is 4.74 Å². The predicted octanol–water partition coefficient (Wildman–Crippen LogP) is 4.57. The number of imide groups is 1. The summed E-state index contributed by atoms with van der Waals surface area (Å²) in [6.07, 6.45) is 4.23. The van der Waals surface area contributed by atoms with Gasteiger partial charge in [-0.1, -0.05) is 42.8 Å². The lowest BCUT2D eigenvalue weighted by atomic mass is 9.94. The molecule has 0 bridgehead atoms. The fourth-order valence-corrected chi connectivity index (χ4v) is 5.49. The predicted molar refractivity (Wildman–Crippen MR) is 143 cm³/mol. The van der Waals surface area contributed by atoms with Gasteiger partial charge in [0.15, 0.2) is 0 Å². The van der Waals surface area contributed by atoms with E-state index in [1.54, 1.807) is 19.2 Å². The van der Waals surface area contributed by atoms with Gasteiger partial charge in [-0.25, -0.2) is 0 Å². The number of rotatable bonds is 9. The molecule has 2 aliphatic heterocycles. The molecule has 0 aromatic heterocycles. The van der Waals surface area contributed by atoms with Crippen molar-refractivity contribution in [2.75, 3.05) is 33.3 Å². The van der Waals surface area contributed by atoms with Crippen molar-refractivity contribution in [2.45, 2.75) is 38.1 Å². The topological polar surface area (TPSA) is 79.0 Å². The van der Waals surface area contributed by atoms with Gasteiger partial charge in [-0.15, -0.1) is 0 Å². The molecule has 0 radical (unpaired) electrons. The van der Waals surface area contributed by atoms with Gasteiger partial charge < -0.3 is 10.1 Å². The smallest absolute Gasteiger partial charge is 0.261 e. The van der Waals surface area contributed by atoms with Gasteiger partial charge in [-0.05, 0) is 67.6 Å². The van der Waals surface area contributed by atoms with Crippen LogP contribution in [0.2, 0.25) is 0 Å². The molecule has 1 atom stereocenters. The van der Waals surface area contributed by atoms with Crippen LogP contribution in [-0.2, 0) is 4.79 Å². The van der Waals surface area contributed by atoms with E-state index in [-0.39, 0.29) is 36.7 Å². The Labute approximate surface area is 217 Å². The van der Waals surface area contributed by atoms with Crippen molar-refractivity contribution in [1.29, 1.82) is 0 Å². The fraction of sp³-hybridized carbons (Fsp3) is 0.367. The van der Waals surface area contributed by atoms with Gasteiger partial charge >= 0.3 is 0 Å². The van der Waals surface area contributed by atoms with Crippen molar-refractivity contribution >= 4 is 28.5 Å². The summed E-state index contributed by atoms with van der Waals surface area (Å²) in [4.78, 5) is 42.6. The Balaban J connectivity index is 1.19. The number of hydrogen-bond acceptors (Lipinski definition) is 5. The van der Waals surface area contributed by atoms with Crippen LogP contribution in [-0.4, -0.2) is 60.8 Å². The molecule has 7 heteroatoms. The maximum Gasteiger partial charge on any atom is 0.261 e. The molecule has 7 nitrogen and oxygen atoms in total. The number of piperidine rings is 1. The van der Waals surface area contributed by atoms with Crippen molar-refractivity contribution in [2.24, 2.45) is 0 Å². The van der Waals surface area contributed by atoms with E-state index >= 15 is 0 Å². The molecule has 1 fully saturated rings. The summed E-state index contributed by atoms with van der Waals surface area (Å²) in [5.41, 5.74) is 2.24. The quantitative estimate of drug-likeness (QED) is 0.437. The standard InChI is InChI=1S/C30H33N3O4/c1-37-23-15-13-21(14-16-23)26(32-17-3-2-4-18-32)20-31-27(34)12-7-19-33-29(35)24-10-5-8-22-9-6-11-25(28(22)24)30(33)36/h5-6,8-11,13-16,26H,2-4,7,12,17-20H2,1H3,(H,31,34). The van der Waals surface area contributed by atoms with Gasteiger partial charge in [-0.2, -0.15) is 0 Å². The summed E-state index contributed by atoms with van der Waals surface area (Å²) in [5, 5.41) is 4.70. The second-order valence-corrected chi connectivity index (χ2v) is 9.76.